The Hall–Kier alpha value is -3.61. The second kappa shape index (κ2) is 8.82. The van der Waals surface area contributed by atoms with Gasteiger partial charge in [0.1, 0.15) is 11.5 Å². The lowest BCUT2D eigenvalue weighted by atomic mass is 10.1. The van der Waals surface area contributed by atoms with Crippen molar-refractivity contribution in [1.82, 2.24) is 4.57 Å². The number of hydrogen-bond donors (Lipinski definition) is 1. The van der Waals surface area contributed by atoms with Crippen molar-refractivity contribution in [3.63, 3.8) is 0 Å². The summed E-state index contributed by atoms with van der Waals surface area (Å²) in [4.78, 5) is 12.0. The van der Waals surface area contributed by atoms with Crippen LogP contribution in [0.15, 0.2) is 42.5 Å². The van der Waals surface area contributed by atoms with Crippen LogP contribution in [0.1, 0.15) is 21.6 Å². The van der Waals surface area contributed by atoms with E-state index in [0.717, 1.165) is 22.5 Å². The number of ether oxygens (including phenoxy) is 4. The molecule has 30 heavy (non-hydrogen) atoms. The average Bonchev–Trinajstić information content (AvgIpc) is 3.09. The van der Waals surface area contributed by atoms with E-state index in [1.54, 1.807) is 34.5 Å². The summed E-state index contributed by atoms with van der Waals surface area (Å²) in [6.07, 6.45) is 0. The number of carbonyl (C=O) groups is 1. The Bertz CT molecular complexity index is 1070. The van der Waals surface area contributed by atoms with E-state index in [9.17, 15) is 4.79 Å². The molecule has 158 valence electrons. The van der Waals surface area contributed by atoms with E-state index < -0.39 is 5.91 Å². The molecule has 0 radical (unpaired) electrons. The third kappa shape index (κ3) is 3.91. The largest absolute Gasteiger partial charge is 0.497 e. The second-order valence-corrected chi connectivity index (χ2v) is 6.73. The molecule has 3 aromatic rings. The summed E-state index contributed by atoms with van der Waals surface area (Å²) in [5.41, 5.74) is 9.42. The first kappa shape index (κ1) is 21.1. The third-order valence-electron chi connectivity index (χ3n) is 5.10. The number of nitrogens with zero attached hydrogens (tertiary/aromatic N) is 1. The summed E-state index contributed by atoms with van der Waals surface area (Å²) < 4.78 is 23.7. The molecule has 0 aliphatic heterocycles. The molecule has 0 spiro atoms. The van der Waals surface area contributed by atoms with Gasteiger partial charge in [0.05, 0.1) is 39.7 Å². The Balaban J connectivity index is 2.17. The monoisotopic (exact) mass is 410 g/mol. The van der Waals surface area contributed by atoms with Crippen LogP contribution >= 0.6 is 0 Å². The minimum atomic E-state index is -0.485. The average molecular weight is 410 g/mol. The normalized spacial score (nSPS) is 10.6. The van der Waals surface area contributed by atoms with Gasteiger partial charge in [0.2, 0.25) is 0 Å². The Morgan fingerprint density at radius 3 is 2.13 bits per heavy atom. The minimum Gasteiger partial charge on any atom is -0.497 e. The molecule has 2 aromatic carbocycles. The van der Waals surface area contributed by atoms with Crippen LogP contribution in [0.2, 0.25) is 0 Å². The van der Waals surface area contributed by atoms with Gasteiger partial charge in [-0.25, -0.2) is 0 Å². The van der Waals surface area contributed by atoms with Crippen LogP contribution < -0.4 is 24.7 Å². The number of carbonyl (C=O) groups excluding carboxylic acids is 1. The summed E-state index contributed by atoms with van der Waals surface area (Å²) in [5.74, 6) is 2.15. The van der Waals surface area contributed by atoms with Gasteiger partial charge in [0, 0.05) is 17.8 Å². The number of nitrogens with two attached hydrogens (primary N) is 1. The number of primary amides is 1. The lowest BCUT2D eigenvalue weighted by Crippen LogP contribution is -2.12. The highest BCUT2D eigenvalue weighted by atomic mass is 16.5. The number of rotatable bonds is 8. The van der Waals surface area contributed by atoms with E-state index in [0.29, 0.717) is 35.1 Å². The van der Waals surface area contributed by atoms with E-state index in [1.807, 2.05) is 47.9 Å². The summed E-state index contributed by atoms with van der Waals surface area (Å²) in [7, 11) is 6.41. The van der Waals surface area contributed by atoms with Crippen molar-refractivity contribution in [2.24, 2.45) is 5.73 Å². The predicted octanol–water partition coefficient (Wildman–Crippen LogP) is 3.65. The van der Waals surface area contributed by atoms with Gasteiger partial charge in [0.25, 0.3) is 5.91 Å². The maximum Gasteiger partial charge on any atom is 0.250 e. The van der Waals surface area contributed by atoms with E-state index >= 15 is 0 Å². The van der Waals surface area contributed by atoms with Crippen molar-refractivity contribution in [2.45, 2.75) is 13.5 Å². The molecule has 0 fully saturated rings. The van der Waals surface area contributed by atoms with Gasteiger partial charge in [-0.2, -0.15) is 0 Å². The number of hydrogen-bond acceptors (Lipinski definition) is 5. The first-order valence-corrected chi connectivity index (χ1v) is 9.36. The van der Waals surface area contributed by atoms with Crippen LogP contribution in [0.5, 0.6) is 23.0 Å². The molecule has 0 bridgehead atoms. The Labute approximate surface area is 175 Å². The molecule has 0 aliphatic rings. The highest BCUT2D eigenvalue weighted by Crippen LogP contribution is 2.37. The van der Waals surface area contributed by atoms with Crippen molar-refractivity contribution in [1.29, 1.82) is 0 Å². The summed E-state index contributed by atoms with van der Waals surface area (Å²) in [5, 5.41) is 0. The van der Waals surface area contributed by atoms with E-state index in [-0.39, 0.29) is 0 Å². The predicted molar refractivity (Wildman–Crippen MR) is 115 cm³/mol. The van der Waals surface area contributed by atoms with Crippen LogP contribution in [-0.4, -0.2) is 38.9 Å². The van der Waals surface area contributed by atoms with Crippen LogP contribution in [0.25, 0.3) is 11.3 Å². The van der Waals surface area contributed by atoms with Crippen molar-refractivity contribution in [2.75, 3.05) is 28.4 Å². The third-order valence-corrected chi connectivity index (χ3v) is 5.10. The second-order valence-electron chi connectivity index (χ2n) is 6.73. The molecule has 0 saturated heterocycles. The highest BCUT2D eigenvalue weighted by Gasteiger charge is 2.20. The molecule has 0 saturated carbocycles. The smallest absolute Gasteiger partial charge is 0.250 e. The van der Waals surface area contributed by atoms with Crippen LogP contribution in [-0.2, 0) is 6.54 Å². The van der Waals surface area contributed by atoms with Gasteiger partial charge < -0.3 is 29.2 Å². The minimum absolute atomic E-state index is 0.454. The Morgan fingerprint density at radius 2 is 1.53 bits per heavy atom. The molecule has 1 heterocycles. The SMILES string of the molecule is COc1ccc(OC)c(-c2cc(C(N)=O)c(C)n2Cc2ccc(OC)c(OC)c2)c1. The van der Waals surface area contributed by atoms with Crippen molar-refractivity contribution < 1.29 is 23.7 Å². The molecule has 0 aliphatic carbocycles. The van der Waals surface area contributed by atoms with Crippen molar-refractivity contribution in [3.8, 4) is 34.3 Å². The molecule has 7 heteroatoms. The van der Waals surface area contributed by atoms with Gasteiger partial charge in [-0.1, -0.05) is 6.07 Å². The zero-order valence-electron chi connectivity index (χ0n) is 17.8. The molecular weight excluding hydrogens is 384 g/mol. The lowest BCUT2D eigenvalue weighted by molar-refractivity contribution is 0.0999. The van der Waals surface area contributed by atoms with Gasteiger partial charge in [-0.05, 0) is 48.9 Å². The zero-order valence-corrected chi connectivity index (χ0v) is 17.8. The maximum absolute atomic E-state index is 12.0. The fraction of sp³-hybridized carbons (Fsp3) is 0.261. The summed E-state index contributed by atoms with van der Waals surface area (Å²) >= 11 is 0. The number of methoxy groups -OCH3 is 4. The van der Waals surface area contributed by atoms with Crippen LogP contribution in [0.4, 0.5) is 0 Å². The van der Waals surface area contributed by atoms with Gasteiger partial charge in [0.15, 0.2) is 11.5 Å². The molecule has 3 rings (SSSR count). The van der Waals surface area contributed by atoms with E-state index in [4.69, 9.17) is 24.7 Å². The first-order chi connectivity index (χ1) is 14.4. The molecule has 0 atom stereocenters. The maximum atomic E-state index is 12.0. The summed E-state index contributed by atoms with van der Waals surface area (Å²) in [6, 6.07) is 13.0. The summed E-state index contributed by atoms with van der Waals surface area (Å²) in [6.45, 7) is 2.37. The van der Waals surface area contributed by atoms with Crippen molar-refractivity contribution >= 4 is 5.91 Å². The lowest BCUT2D eigenvalue weighted by Gasteiger charge is -2.16. The first-order valence-electron chi connectivity index (χ1n) is 9.36. The molecule has 2 N–H and O–H groups in total. The van der Waals surface area contributed by atoms with Crippen LogP contribution in [0.3, 0.4) is 0 Å². The molecule has 0 unspecified atom stereocenters. The number of amides is 1. The Kier molecular flexibility index (Phi) is 6.20. The van der Waals surface area contributed by atoms with Gasteiger partial charge in [-0.3, -0.25) is 4.79 Å². The Morgan fingerprint density at radius 1 is 0.867 bits per heavy atom. The van der Waals surface area contributed by atoms with E-state index in [1.165, 1.54) is 0 Å². The molecule has 1 aromatic heterocycles. The van der Waals surface area contributed by atoms with Gasteiger partial charge >= 0.3 is 0 Å². The highest BCUT2D eigenvalue weighted by molar-refractivity contribution is 5.96. The topological polar surface area (TPSA) is 84.9 Å². The molecule has 1 amide bonds. The number of benzene rings is 2. The molecular formula is C23H26N2O5. The standard InChI is InChI=1S/C23H26N2O5/c1-14-17(23(24)26)12-19(18-11-16(27-2)7-9-20(18)28-3)25(14)13-15-6-8-21(29-4)22(10-15)30-5/h6-12H,13H2,1-5H3,(H2,24,26). The fourth-order valence-corrected chi connectivity index (χ4v) is 3.50. The van der Waals surface area contributed by atoms with E-state index in [2.05, 4.69) is 0 Å². The number of aromatic nitrogens is 1. The van der Waals surface area contributed by atoms with Crippen molar-refractivity contribution in [3.05, 3.63) is 59.3 Å². The zero-order chi connectivity index (χ0) is 21.8. The quantitative estimate of drug-likeness (QED) is 0.613. The van der Waals surface area contributed by atoms with Crippen LogP contribution in [0, 0.1) is 6.92 Å². The fourth-order valence-electron chi connectivity index (χ4n) is 3.50. The molecule has 7 nitrogen and oxygen atoms in total. The van der Waals surface area contributed by atoms with Gasteiger partial charge in [-0.15, -0.1) is 0 Å².